The molecule has 0 bridgehead atoms. The first-order chi connectivity index (χ1) is 10.7. The van der Waals surface area contributed by atoms with Gasteiger partial charge in [-0.1, -0.05) is 36.4 Å². The fraction of sp³-hybridized carbons (Fsp3) is 0.105. The van der Waals surface area contributed by atoms with Crippen molar-refractivity contribution in [3.8, 4) is 11.5 Å². The molecule has 0 radical (unpaired) electrons. The summed E-state index contributed by atoms with van der Waals surface area (Å²) < 4.78 is 5.76. The average molecular weight is 291 g/mol. The molecule has 1 unspecified atom stereocenters. The minimum Gasteiger partial charge on any atom is -0.457 e. The number of benzene rings is 2. The van der Waals surface area contributed by atoms with E-state index >= 15 is 0 Å². The lowest BCUT2D eigenvalue weighted by Gasteiger charge is -2.24. The van der Waals surface area contributed by atoms with E-state index in [1.165, 1.54) is 0 Å². The molecule has 2 aromatic carbocycles. The van der Waals surface area contributed by atoms with Crippen LogP contribution in [0.3, 0.4) is 0 Å². The molecule has 3 rings (SSSR count). The highest BCUT2D eigenvalue weighted by molar-refractivity contribution is 5.38. The van der Waals surface area contributed by atoms with Gasteiger partial charge in [0.1, 0.15) is 17.1 Å². The van der Waals surface area contributed by atoms with Gasteiger partial charge in [0.25, 0.3) is 0 Å². The summed E-state index contributed by atoms with van der Waals surface area (Å²) in [5.74, 6) is 1.52. The van der Waals surface area contributed by atoms with E-state index in [-0.39, 0.29) is 0 Å². The molecule has 0 fully saturated rings. The molecule has 0 aliphatic heterocycles. The minimum atomic E-state index is -1.08. The first-order valence-corrected chi connectivity index (χ1v) is 7.12. The second-order valence-corrected chi connectivity index (χ2v) is 5.25. The zero-order chi connectivity index (χ0) is 15.4. The van der Waals surface area contributed by atoms with Crippen molar-refractivity contribution in [1.29, 1.82) is 0 Å². The molecular formula is C19H17NO2. The van der Waals surface area contributed by atoms with E-state index < -0.39 is 5.60 Å². The number of rotatable bonds is 4. The lowest BCUT2D eigenvalue weighted by molar-refractivity contribution is 0.102. The third-order valence-electron chi connectivity index (χ3n) is 3.62. The molecule has 1 aromatic heterocycles. The standard InChI is InChI=1S/C19H17NO2/c1-19(21,16-6-5-13-20-14-16)15-9-11-18(12-10-15)22-17-7-3-2-4-8-17/h2-14,21H,1H3. The topological polar surface area (TPSA) is 42.4 Å². The fourth-order valence-electron chi connectivity index (χ4n) is 2.29. The monoisotopic (exact) mass is 291 g/mol. The van der Waals surface area contributed by atoms with Crippen LogP contribution in [0.1, 0.15) is 18.1 Å². The van der Waals surface area contributed by atoms with E-state index in [2.05, 4.69) is 4.98 Å². The van der Waals surface area contributed by atoms with Gasteiger partial charge in [0.05, 0.1) is 0 Å². The molecule has 0 spiro atoms. The zero-order valence-corrected chi connectivity index (χ0v) is 12.3. The van der Waals surface area contributed by atoms with Gasteiger partial charge in [-0.2, -0.15) is 0 Å². The lowest BCUT2D eigenvalue weighted by atomic mass is 9.89. The highest BCUT2D eigenvalue weighted by Crippen LogP contribution is 2.30. The van der Waals surface area contributed by atoms with Gasteiger partial charge in [0.2, 0.25) is 0 Å². The summed E-state index contributed by atoms with van der Waals surface area (Å²) in [5.41, 5.74) is 0.465. The number of pyridine rings is 1. The van der Waals surface area contributed by atoms with Gasteiger partial charge >= 0.3 is 0 Å². The SMILES string of the molecule is CC(O)(c1ccc(Oc2ccccc2)cc1)c1cccnc1. The van der Waals surface area contributed by atoms with E-state index in [4.69, 9.17) is 4.74 Å². The van der Waals surface area contributed by atoms with Crippen molar-refractivity contribution in [3.63, 3.8) is 0 Å². The number of hydrogen-bond donors (Lipinski definition) is 1. The molecule has 0 amide bonds. The van der Waals surface area contributed by atoms with Crippen molar-refractivity contribution in [2.24, 2.45) is 0 Å². The third kappa shape index (κ3) is 3.00. The molecular weight excluding hydrogens is 274 g/mol. The lowest BCUT2D eigenvalue weighted by Crippen LogP contribution is -2.22. The van der Waals surface area contributed by atoms with Crippen LogP contribution in [-0.2, 0) is 5.60 Å². The molecule has 0 saturated carbocycles. The maximum absolute atomic E-state index is 10.8. The minimum absolute atomic E-state index is 0.733. The number of aliphatic hydroxyl groups is 1. The number of ether oxygens (including phenoxy) is 1. The van der Waals surface area contributed by atoms with Crippen molar-refractivity contribution in [2.75, 3.05) is 0 Å². The average Bonchev–Trinajstić information content (AvgIpc) is 2.57. The van der Waals surface area contributed by atoms with Gasteiger partial charge in [-0.25, -0.2) is 0 Å². The summed E-state index contributed by atoms with van der Waals surface area (Å²) in [4.78, 5) is 4.07. The number of para-hydroxylation sites is 1. The van der Waals surface area contributed by atoms with Crippen LogP contribution in [0.2, 0.25) is 0 Å². The Bertz CT molecular complexity index is 722. The van der Waals surface area contributed by atoms with Gasteiger partial charge in [0, 0.05) is 18.0 Å². The second kappa shape index (κ2) is 6.00. The smallest absolute Gasteiger partial charge is 0.127 e. The molecule has 0 saturated heterocycles. The maximum Gasteiger partial charge on any atom is 0.127 e. The van der Waals surface area contributed by atoms with Gasteiger partial charge in [0.15, 0.2) is 0 Å². The first-order valence-electron chi connectivity index (χ1n) is 7.12. The van der Waals surface area contributed by atoms with E-state index in [9.17, 15) is 5.11 Å². The zero-order valence-electron chi connectivity index (χ0n) is 12.3. The number of hydrogen-bond acceptors (Lipinski definition) is 3. The maximum atomic E-state index is 10.8. The summed E-state index contributed by atoms with van der Waals surface area (Å²) in [6.07, 6.45) is 3.37. The van der Waals surface area contributed by atoms with Crippen molar-refractivity contribution in [2.45, 2.75) is 12.5 Å². The Morgan fingerprint density at radius 2 is 1.50 bits per heavy atom. The van der Waals surface area contributed by atoms with Crippen LogP contribution in [0.15, 0.2) is 79.1 Å². The normalized spacial score (nSPS) is 13.4. The number of nitrogens with zero attached hydrogens (tertiary/aromatic N) is 1. The van der Waals surface area contributed by atoms with Crippen LogP contribution < -0.4 is 4.74 Å². The summed E-state index contributed by atoms with van der Waals surface area (Å²) in [5, 5.41) is 10.8. The van der Waals surface area contributed by atoms with Crippen molar-refractivity contribution >= 4 is 0 Å². The molecule has 0 aliphatic rings. The molecule has 22 heavy (non-hydrogen) atoms. The fourth-order valence-corrected chi connectivity index (χ4v) is 2.29. The molecule has 1 atom stereocenters. The van der Waals surface area contributed by atoms with Crippen LogP contribution in [0.25, 0.3) is 0 Å². The molecule has 1 heterocycles. The Labute approximate surface area is 129 Å². The molecule has 3 heteroatoms. The molecule has 3 aromatic rings. The number of aromatic nitrogens is 1. The first kappa shape index (κ1) is 14.3. The molecule has 110 valence electrons. The van der Waals surface area contributed by atoms with Crippen molar-refractivity contribution in [1.82, 2.24) is 4.98 Å². The largest absolute Gasteiger partial charge is 0.457 e. The van der Waals surface area contributed by atoms with Crippen molar-refractivity contribution in [3.05, 3.63) is 90.3 Å². The van der Waals surface area contributed by atoms with Crippen LogP contribution in [0.4, 0.5) is 0 Å². The molecule has 1 N–H and O–H groups in total. The molecule has 3 nitrogen and oxygen atoms in total. The van der Waals surface area contributed by atoms with Gasteiger partial charge < -0.3 is 9.84 Å². The Morgan fingerprint density at radius 3 is 2.14 bits per heavy atom. The molecule has 0 aliphatic carbocycles. The van der Waals surface area contributed by atoms with E-state index in [1.54, 1.807) is 19.3 Å². The summed E-state index contributed by atoms with van der Waals surface area (Å²) in [6.45, 7) is 1.76. The Kier molecular flexibility index (Phi) is 3.90. The van der Waals surface area contributed by atoms with Crippen LogP contribution in [0, 0.1) is 0 Å². The highest BCUT2D eigenvalue weighted by Gasteiger charge is 2.25. The van der Waals surface area contributed by atoms with Gasteiger partial charge in [-0.15, -0.1) is 0 Å². The van der Waals surface area contributed by atoms with E-state index in [0.717, 1.165) is 22.6 Å². The summed E-state index contributed by atoms with van der Waals surface area (Å²) >= 11 is 0. The van der Waals surface area contributed by atoms with Crippen LogP contribution >= 0.6 is 0 Å². The Hall–Kier alpha value is -2.65. The van der Waals surface area contributed by atoms with Crippen molar-refractivity contribution < 1.29 is 9.84 Å². The Morgan fingerprint density at radius 1 is 0.818 bits per heavy atom. The quantitative estimate of drug-likeness (QED) is 0.786. The summed E-state index contributed by atoms with van der Waals surface area (Å²) in [7, 11) is 0. The van der Waals surface area contributed by atoms with Gasteiger partial charge in [-0.05, 0) is 42.8 Å². The summed E-state index contributed by atoms with van der Waals surface area (Å²) in [6, 6.07) is 20.7. The van der Waals surface area contributed by atoms with Crippen LogP contribution in [-0.4, -0.2) is 10.1 Å². The van der Waals surface area contributed by atoms with Crippen LogP contribution in [0.5, 0.6) is 11.5 Å². The Balaban J connectivity index is 1.82. The second-order valence-electron chi connectivity index (χ2n) is 5.25. The van der Waals surface area contributed by atoms with Gasteiger partial charge in [-0.3, -0.25) is 4.98 Å². The predicted molar refractivity (Wildman–Crippen MR) is 85.9 cm³/mol. The van der Waals surface area contributed by atoms with E-state index in [0.29, 0.717) is 0 Å². The third-order valence-corrected chi connectivity index (χ3v) is 3.62. The predicted octanol–water partition coefficient (Wildman–Crippen LogP) is 4.13. The highest BCUT2D eigenvalue weighted by atomic mass is 16.5. The van der Waals surface area contributed by atoms with E-state index in [1.807, 2.05) is 66.7 Å².